The van der Waals surface area contributed by atoms with Gasteiger partial charge < -0.3 is 10.3 Å². The lowest BCUT2D eigenvalue weighted by Gasteiger charge is -2.05. The summed E-state index contributed by atoms with van der Waals surface area (Å²) in [5.74, 6) is 2.10. The molecule has 1 aliphatic carbocycles. The largest absolute Gasteiger partial charge is 0.398 e. The summed E-state index contributed by atoms with van der Waals surface area (Å²) in [6.45, 7) is 2.02. The van der Waals surface area contributed by atoms with Crippen molar-refractivity contribution in [3.8, 4) is 11.5 Å². The molecular formula is C15H19N3OS. The minimum absolute atomic E-state index is 0.522. The predicted octanol–water partition coefficient (Wildman–Crippen LogP) is 3.80. The molecule has 20 heavy (non-hydrogen) atoms. The molecule has 1 saturated carbocycles. The smallest absolute Gasteiger partial charge is 0.260 e. The van der Waals surface area contributed by atoms with E-state index in [0.717, 1.165) is 28.0 Å². The molecule has 0 atom stereocenters. The van der Waals surface area contributed by atoms with Gasteiger partial charge in [0.15, 0.2) is 5.82 Å². The van der Waals surface area contributed by atoms with E-state index in [1.807, 2.05) is 36.9 Å². The van der Waals surface area contributed by atoms with Crippen LogP contribution < -0.4 is 5.73 Å². The first kappa shape index (κ1) is 13.5. The first-order valence-corrected chi connectivity index (χ1v) is 8.08. The van der Waals surface area contributed by atoms with Gasteiger partial charge in [0.2, 0.25) is 0 Å². The lowest BCUT2D eigenvalue weighted by Crippen LogP contribution is -1.96. The number of nitrogens with zero attached hydrogens (tertiary/aromatic N) is 2. The summed E-state index contributed by atoms with van der Waals surface area (Å²) in [6, 6.07) is 5.84. The molecule has 0 unspecified atom stereocenters. The Balaban J connectivity index is 1.71. The summed E-state index contributed by atoms with van der Waals surface area (Å²) >= 11 is 1.94. The Morgan fingerprint density at radius 3 is 2.95 bits per heavy atom. The molecule has 1 aromatic carbocycles. The van der Waals surface area contributed by atoms with Crippen LogP contribution in [0.4, 0.5) is 5.69 Å². The van der Waals surface area contributed by atoms with Crippen LogP contribution in [0.2, 0.25) is 0 Å². The van der Waals surface area contributed by atoms with Gasteiger partial charge in [0, 0.05) is 10.9 Å². The van der Waals surface area contributed by atoms with Crippen molar-refractivity contribution in [1.82, 2.24) is 10.1 Å². The third-order valence-corrected chi connectivity index (χ3v) is 5.03. The molecule has 0 bridgehead atoms. The van der Waals surface area contributed by atoms with Crippen molar-refractivity contribution in [2.75, 3.05) is 5.73 Å². The molecule has 2 aromatic rings. The molecule has 1 fully saturated rings. The fourth-order valence-electron chi connectivity index (χ4n) is 2.52. The summed E-state index contributed by atoms with van der Waals surface area (Å²) in [5.41, 5.74) is 8.61. The number of rotatable bonds is 4. The molecular weight excluding hydrogens is 270 g/mol. The van der Waals surface area contributed by atoms with Gasteiger partial charge in [-0.15, -0.1) is 0 Å². The number of hydrogen-bond acceptors (Lipinski definition) is 5. The SMILES string of the molecule is Cc1ccc(N)c(-c2nc(CSC3CCCC3)no2)c1. The molecule has 0 spiro atoms. The maximum Gasteiger partial charge on any atom is 0.260 e. The van der Waals surface area contributed by atoms with Crippen LogP contribution in [0.25, 0.3) is 11.5 Å². The van der Waals surface area contributed by atoms with Crippen molar-refractivity contribution < 1.29 is 4.52 Å². The molecule has 2 N–H and O–H groups in total. The third-order valence-electron chi connectivity index (χ3n) is 3.66. The van der Waals surface area contributed by atoms with Crippen molar-refractivity contribution in [1.29, 1.82) is 0 Å². The zero-order valence-electron chi connectivity index (χ0n) is 11.6. The maximum atomic E-state index is 5.97. The Bertz CT molecular complexity index is 591. The van der Waals surface area contributed by atoms with Gasteiger partial charge in [-0.1, -0.05) is 29.6 Å². The number of benzene rings is 1. The number of hydrogen-bond donors (Lipinski definition) is 1. The van der Waals surface area contributed by atoms with Crippen molar-refractivity contribution in [2.24, 2.45) is 0 Å². The molecule has 1 heterocycles. The highest BCUT2D eigenvalue weighted by Crippen LogP contribution is 2.32. The van der Waals surface area contributed by atoms with Gasteiger partial charge in [-0.05, 0) is 31.9 Å². The Labute approximate surface area is 123 Å². The van der Waals surface area contributed by atoms with Gasteiger partial charge in [-0.25, -0.2) is 0 Å². The summed E-state index contributed by atoms with van der Waals surface area (Å²) in [4.78, 5) is 4.46. The van der Waals surface area contributed by atoms with Gasteiger partial charge in [0.25, 0.3) is 5.89 Å². The van der Waals surface area contributed by atoms with Crippen LogP contribution in [0.1, 0.15) is 37.1 Å². The third kappa shape index (κ3) is 2.98. The van der Waals surface area contributed by atoms with E-state index in [1.54, 1.807) is 0 Å². The lowest BCUT2D eigenvalue weighted by atomic mass is 10.1. The minimum atomic E-state index is 0.522. The van der Waals surface area contributed by atoms with E-state index in [9.17, 15) is 0 Å². The van der Waals surface area contributed by atoms with Gasteiger partial charge >= 0.3 is 0 Å². The average molecular weight is 289 g/mol. The Morgan fingerprint density at radius 1 is 1.35 bits per heavy atom. The summed E-state index contributed by atoms with van der Waals surface area (Å²) in [6.07, 6.45) is 5.35. The molecule has 3 rings (SSSR count). The lowest BCUT2D eigenvalue weighted by molar-refractivity contribution is 0.425. The van der Waals surface area contributed by atoms with Crippen LogP contribution in [0.5, 0.6) is 0 Å². The quantitative estimate of drug-likeness (QED) is 0.867. The minimum Gasteiger partial charge on any atom is -0.398 e. The molecule has 106 valence electrons. The molecule has 0 saturated heterocycles. The summed E-state index contributed by atoms with van der Waals surface area (Å²) < 4.78 is 5.35. The topological polar surface area (TPSA) is 64.9 Å². The van der Waals surface area contributed by atoms with E-state index in [2.05, 4.69) is 10.1 Å². The Hall–Kier alpha value is -1.49. The highest BCUT2D eigenvalue weighted by Gasteiger charge is 2.17. The number of nitrogens with two attached hydrogens (primary N) is 1. The zero-order chi connectivity index (χ0) is 13.9. The number of thioether (sulfide) groups is 1. The van der Waals surface area contributed by atoms with Crippen LogP contribution in [-0.4, -0.2) is 15.4 Å². The van der Waals surface area contributed by atoms with Gasteiger partial charge in [0.05, 0.1) is 11.3 Å². The normalized spacial score (nSPS) is 15.8. The first-order chi connectivity index (χ1) is 9.72. The second-order valence-electron chi connectivity index (χ2n) is 5.32. The number of nitrogen functional groups attached to an aromatic ring is 1. The molecule has 0 amide bonds. The van der Waals surface area contributed by atoms with Gasteiger partial charge in [0.1, 0.15) is 0 Å². The Morgan fingerprint density at radius 2 is 2.15 bits per heavy atom. The number of aryl methyl sites for hydroxylation is 1. The van der Waals surface area contributed by atoms with Gasteiger partial charge in [-0.3, -0.25) is 0 Å². The average Bonchev–Trinajstić information content (AvgIpc) is 3.10. The van der Waals surface area contributed by atoms with Crippen LogP contribution in [0.3, 0.4) is 0 Å². The maximum absolute atomic E-state index is 5.97. The van der Waals surface area contributed by atoms with Crippen LogP contribution >= 0.6 is 11.8 Å². The summed E-state index contributed by atoms with van der Waals surface area (Å²) in [7, 11) is 0. The molecule has 1 aromatic heterocycles. The van der Waals surface area contributed by atoms with E-state index in [1.165, 1.54) is 25.7 Å². The van der Waals surface area contributed by atoms with Crippen LogP contribution in [0.15, 0.2) is 22.7 Å². The van der Waals surface area contributed by atoms with Crippen molar-refractivity contribution >= 4 is 17.4 Å². The highest BCUT2D eigenvalue weighted by atomic mass is 32.2. The summed E-state index contributed by atoms with van der Waals surface area (Å²) in [5, 5.41) is 4.83. The first-order valence-electron chi connectivity index (χ1n) is 7.03. The number of aromatic nitrogens is 2. The highest BCUT2D eigenvalue weighted by molar-refractivity contribution is 7.99. The molecule has 0 aliphatic heterocycles. The molecule has 5 heteroatoms. The van der Waals surface area contributed by atoms with E-state index in [-0.39, 0.29) is 0 Å². The Kier molecular flexibility index (Phi) is 3.96. The van der Waals surface area contributed by atoms with E-state index >= 15 is 0 Å². The fourth-order valence-corrected chi connectivity index (χ4v) is 3.69. The van der Waals surface area contributed by atoms with Crippen molar-refractivity contribution in [3.05, 3.63) is 29.6 Å². The zero-order valence-corrected chi connectivity index (χ0v) is 12.4. The van der Waals surface area contributed by atoms with Crippen LogP contribution in [-0.2, 0) is 5.75 Å². The standard InChI is InChI=1S/C15H19N3OS/c1-10-6-7-13(16)12(8-10)15-17-14(18-19-15)9-20-11-4-2-3-5-11/h6-8,11H,2-5,9,16H2,1H3. The number of anilines is 1. The van der Waals surface area contributed by atoms with E-state index in [4.69, 9.17) is 10.3 Å². The van der Waals surface area contributed by atoms with E-state index in [0.29, 0.717) is 11.6 Å². The predicted molar refractivity (Wildman–Crippen MR) is 82.4 cm³/mol. The fraction of sp³-hybridized carbons (Fsp3) is 0.467. The van der Waals surface area contributed by atoms with Crippen LogP contribution in [0, 0.1) is 6.92 Å². The van der Waals surface area contributed by atoms with Crippen molar-refractivity contribution in [3.63, 3.8) is 0 Å². The second-order valence-corrected chi connectivity index (χ2v) is 6.61. The molecule has 0 radical (unpaired) electrons. The molecule has 4 nitrogen and oxygen atoms in total. The second kappa shape index (κ2) is 5.87. The van der Waals surface area contributed by atoms with Gasteiger partial charge in [-0.2, -0.15) is 16.7 Å². The van der Waals surface area contributed by atoms with Crippen molar-refractivity contribution in [2.45, 2.75) is 43.6 Å². The monoisotopic (exact) mass is 289 g/mol. The van der Waals surface area contributed by atoms with E-state index < -0.39 is 0 Å². The molecule has 1 aliphatic rings.